The summed E-state index contributed by atoms with van der Waals surface area (Å²) in [7, 11) is 0. The summed E-state index contributed by atoms with van der Waals surface area (Å²) in [4.78, 5) is 26.5. The van der Waals surface area contributed by atoms with E-state index in [1.807, 2.05) is 60.7 Å². The number of carbonyl (C=O) groups excluding carboxylic acids is 1. The van der Waals surface area contributed by atoms with Gasteiger partial charge in [-0.2, -0.15) is 5.10 Å². The highest BCUT2D eigenvalue weighted by Crippen LogP contribution is 2.39. The Hall–Kier alpha value is -3.74. The number of rotatable bonds is 5. The summed E-state index contributed by atoms with van der Waals surface area (Å²) in [6, 6.07) is 19.1. The number of benzene rings is 2. The maximum absolute atomic E-state index is 13.4. The van der Waals surface area contributed by atoms with Crippen LogP contribution in [0.5, 0.6) is 5.75 Å². The van der Waals surface area contributed by atoms with Gasteiger partial charge < -0.3 is 10.0 Å². The minimum absolute atomic E-state index is 0.0243. The second kappa shape index (κ2) is 8.55. The molecule has 31 heavy (non-hydrogen) atoms. The van der Waals surface area contributed by atoms with Crippen molar-refractivity contribution >= 4 is 5.91 Å². The zero-order valence-electron chi connectivity index (χ0n) is 17.0. The smallest absolute Gasteiger partial charge is 0.276 e. The summed E-state index contributed by atoms with van der Waals surface area (Å²) in [5, 5.41) is 14.7. The van der Waals surface area contributed by atoms with Crippen LogP contribution in [-0.4, -0.2) is 38.8 Å². The molecule has 0 fully saturated rings. The lowest BCUT2D eigenvalue weighted by atomic mass is 9.83. The molecule has 7 heteroatoms. The Bertz CT molecular complexity index is 1130. The van der Waals surface area contributed by atoms with Crippen LogP contribution in [0.4, 0.5) is 4.39 Å². The molecule has 0 radical (unpaired) electrons. The molecule has 1 amide bonds. The number of hydrogen-bond donors (Lipinski definition) is 1. The van der Waals surface area contributed by atoms with Crippen LogP contribution < -0.4 is 5.43 Å². The largest absolute Gasteiger partial charge is 0.502 e. The number of aromatic hydroxyl groups is 1. The molecule has 158 valence electrons. The van der Waals surface area contributed by atoms with Crippen molar-refractivity contribution in [3.8, 4) is 5.75 Å². The normalized spacial score (nSPS) is 16.5. The quantitative estimate of drug-likeness (QED) is 0.685. The summed E-state index contributed by atoms with van der Waals surface area (Å²) in [5.74, 6) is -1.83. The van der Waals surface area contributed by atoms with Gasteiger partial charge in [-0.05, 0) is 24.1 Å². The third kappa shape index (κ3) is 3.99. The minimum atomic E-state index is -0.728. The molecule has 3 aromatic rings. The van der Waals surface area contributed by atoms with Crippen LogP contribution in [-0.2, 0) is 0 Å². The molecule has 0 bridgehead atoms. The third-order valence-corrected chi connectivity index (χ3v) is 5.49. The van der Waals surface area contributed by atoms with Gasteiger partial charge in [0.05, 0.1) is 18.1 Å². The number of fused-ring (bicyclic) bond motifs is 1. The van der Waals surface area contributed by atoms with Gasteiger partial charge in [0.25, 0.3) is 5.91 Å². The van der Waals surface area contributed by atoms with Gasteiger partial charge in [-0.1, -0.05) is 60.7 Å². The lowest BCUT2D eigenvalue weighted by Gasteiger charge is -2.39. The molecule has 1 unspecified atom stereocenters. The van der Waals surface area contributed by atoms with E-state index in [9.17, 15) is 19.1 Å². The van der Waals surface area contributed by atoms with E-state index in [0.717, 1.165) is 17.3 Å². The number of allylic oxidation sites excluding steroid dienone is 1. The van der Waals surface area contributed by atoms with Crippen LogP contribution in [0.15, 0.2) is 83.6 Å². The molecule has 1 atom stereocenters. The average molecular weight is 419 g/mol. The van der Waals surface area contributed by atoms with Crippen LogP contribution >= 0.6 is 0 Å². The van der Waals surface area contributed by atoms with Gasteiger partial charge in [0, 0.05) is 19.0 Å². The number of aromatic nitrogens is 2. The monoisotopic (exact) mass is 419 g/mol. The van der Waals surface area contributed by atoms with Gasteiger partial charge in [-0.25, -0.2) is 4.39 Å². The fraction of sp³-hybridized carbons (Fsp3) is 0.208. The van der Waals surface area contributed by atoms with E-state index in [1.54, 1.807) is 0 Å². The van der Waals surface area contributed by atoms with Crippen molar-refractivity contribution in [3.63, 3.8) is 0 Å². The Morgan fingerprint density at radius 1 is 1.13 bits per heavy atom. The van der Waals surface area contributed by atoms with E-state index in [0.29, 0.717) is 0 Å². The minimum Gasteiger partial charge on any atom is -0.502 e. The third-order valence-electron chi connectivity index (χ3n) is 5.49. The highest BCUT2D eigenvalue weighted by Gasteiger charge is 2.39. The van der Waals surface area contributed by atoms with Gasteiger partial charge in [0.15, 0.2) is 11.4 Å². The molecular weight excluding hydrogens is 397 g/mol. The van der Waals surface area contributed by atoms with Gasteiger partial charge in [-0.3, -0.25) is 14.3 Å². The molecule has 6 nitrogen and oxygen atoms in total. The molecule has 0 aliphatic carbocycles. The van der Waals surface area contributed by atoms with Crippen molar-refractivity contribution in [1.29, 1.82) is 0 Å². The summed E-state index contributed by atoms with van der Waals surface area (Å²) in [6.45, 7) is 1.57. The molecule has 0 spiro atoms. The van der Waals surface area contributed by atoms with Gasteiger partial charge >= 0.3 is 0 Å². The van der Waals surface area contributed by atoms with Crippen molar-refractivity contribution in [3.05, 3.63) is 106 Å². The van der Waals surface area contributed by atoms with Crippen LogP contribution in [0.25, 0.3) is 0 Å². The second-order valence-electron chi connectivity index (χ2n) is 7.52. The summed E-state index contributed by atoms with van der Waals surface area (Å²) in [6.07, 6.45) is 2.32. The first kappa shape index (κ1) is 20.5. The van der Waals surface area contributed by atoms with Crippen LogP contribution in [0.1, 0.15) is 40.5 Å². The molecule has 1 N–H and O–H groups in total. The molecule has 0 saturated heterocycles. The Labute approximate surface area is 178 Å². The topological polar surface area (TPSA) is 75.4 Å². The number of nitrogens with zero attached hydrogens (tertiary/aromatic N) is 3. The van der Waals surface area contributed by atoms with E-state index < -0.39 is 29.0 Å². The molecular formula is C24H22FN3O3. The fourth-order valence-corrected chi connectivity index (χ4v) is 4.04. The second-order valence-corrected chi connectivity index (χ2v) is 7.52. The van der Waals surface area contributed by atoms with E-state index >= 15 is 0 Å². The average Bonchev–Trinajstić information content (AvgIpc) is 2.78. The lowest BCUT2D eigenvalue weighted by Crippen LogP contribution is -2.47. The zero-order valence-corrected chi connectivity index (χ0v) is 17.0. The fourth-order valence-electron chi connectivity index (χ4n) is 4.04. The Balaban J connectivity index is 1.91. The predicted octanol–water partition coefficient (Wildman–Crippen LogP) is 3.65. The molecule has 0 saturated carbocycles. The first-order valence-corrected chi connectivity index (χ1v) is 9.99. The van der Waals surface area contributed by atoms with Crippen molar-refractivity contribution in [2.45, 2.75) is 18.9 Å². The maximum Gasteiger partial charge on any atom is 0.276 e. The SMILES string of the molecule is C/C(F)=C/CN1CC(C(c2ccccc2)c2ccccc2)n2ncc(=O)c(O)c2C1=O. The van der Waals surface area contributed by atoms with Crippen molar-refractivity contribution in [2.75, 3.05) is 13.1 Å². The first-order valence-electron chi connectivity index (χ1n) is 9.99. The van der Waals surface area contributed by atoms with Gasteiger partial charge in [0.1, 0.15) is 0 Å². The predicted molar refractivity (Wildman–Crippen MR) is 115 cm³/mol. The Morgan fingerprint density at radius 2 is 1.71 bits per heavy atom. The van der Waals surface area contributed by atoms with E-state index in [1.165, 1.54) is 22.6 Å². The molecule has 2 aromatic carbocycles. The van der Waals surface area contributed by atoms with E-state index in [2.05, 4.69) is 5.10 Å². The van der Waals surface area contributed by atoms with Crippen molar-refractivity contribution in [1.82, 2.24) is 14.7 Å². The standard InChI is InChI=1S/C24H22FN3O3/c1-16(25)12-13-27-15-19(28-22(24(27)31)23(30)20(29)14-26-28)21(17-8-4-2-5-9-17)18-10-6-3-7-11-18/h2-12,14,19,21,30H,13,15H2,1H3/b16-12-. The number of hydrogen-bond acceptors (Lipinski definition) is 4. The zero-order chi connectivity index (χ0) is 22.0. The summed E-state index contributed by atoms with van der Waals surface area (Å²) >= 11 is 0. The number of halogens is 1. The number of carbonyl (C=O) groups is 1. The Morgan fingerprint density at radius 3 is 2.26 bits per heavy atom. The molecule has 1 aliphatic heterocycles. The first-order chi connectivity index (χ1) is 15.0. The molecule has 4 rings (SSSR count). The lowest BCUT2D eigenvalue weighted by molar-refractivity contribution is 0.0657. The van der Waals surface area contributed by atoms with Crippen LogP contribution in [0.2, 0.25) is 0 Å². The highest BCUT2D eigenvalue weighted by molar-refractivity contribution is 5.95. The van der Waals surface area contributed by atoms with E-state index in [-0.39, 0.29) is 24.7 Å². The van der Waals surface area contributed by atoms with Crippen molar-refractivity contribution < 1.29 is 14.3 Å². The highest BCUT2D eigenvalue weighted by atomic mass is 19.1. The maximum atomic E-state index is 13.4. The van der Waals surface area contributed by atoms with Crippen molar-refractivity contribution in [2.24, 2.45) is 0 Å². The van der Waals surface area contributed by atoms with Crippen LogP contribution in [0, 0.1) is 0 Å². The summed E-state index contributed by atoms with van der Waals surface area (Å²) < 4.78 is 14.9. The molecule has 2 heterocycles. The van der Waals surface area contributed by atoms with E-state index in [4.69, 9.17) is 0 Å². The molecule has 1 aromatic heterocycles. The Kier molecular flexibility index (Phi) is 5.66. The summed E-state index contributed by atoms with van der Waals surface area (Å²) in [5.41, 5.74) is 1.09. The van der Waals surface area contributed by atoms with Crippen LogP contribution in [0.3, 0.4) is 0 Å². The van der Waals surface area contributed by atoms with Gasteiger partial charge in [-0.15, -0.1) is 0 Å². The molecule has 1 aliphatic rings. The van der Waals surface area contributed by atoms with Gasteiger partial charge in [0.2, 0.25) is 5.43 Å². The number of amides is 1.